The Morgan fingerprint density at radius 2 is 2.08 bits per heavy atom. The Hall–Kier alpha value is -1.63. The Kier molecular flexibility index (Phi) is 9.45. The summed E-state index contributed by atoms with van der Waals surface area (Å²) >= 11 is 0. The van der Waals surface area contributed by atoms with Gasteiger partial charge in [-0.1, -0.05) is 24.3 Å². The average molecular weight is 363 g/mol. The molecule has 1 aliphatic rings. The van der Waals surface area contributed by atoms with Gasteiger partial charge in [0.2, 0.25) is 0 Å². The molecule has 146 valence electrons. The number of nitrogens with zero attached hydrogens (tertiary/aromatic N) is 2. The molecule has 1 saturated heterocycles. The molecule has 1 aromatic carbocycles. The van der Waals surface area contributed by atoms with Gasteiger partial charge >= 0.3 is 0 Å². The number of aliphatic imine (C=N–C) groups is 1. The van der Waals surface area contributed by atoms with Crippen molar-refractivity contribution < 1.29 is 9.47 Å². The normalized spacial score (nSPS) is 17.7. The molecule has 6 nitrogen and oxygen atoms in total. The van der Waals surface area contributed by atoms with Crippen molar-refractivity contribution >= 4 is 5.96 Å². The molecule has 1 fully saturated rings. The van der Waals surface area contributed by atoms with Gasteiger partial charge in [-0.05, 0) is 45.0 Å². The van der Waals surface area contributed by atoms with Gasteiger partial charge in [0.15, 0.2) is 5.96 Å². The zero-order chi connectivity index (χ0) is 18.6. The van der Waals surface area contributed by atoms with E-state index in [1.165, 1.54) is 11.1 Å². The molecule has 0 radical (unpaired) electrons. The fraction of sp³-hybridized carbons (Fsp3) is 0.650. The molecule has 0 spiro atoms. The lowest BCUT2D eigenvalue weighted by atomic mass is 10.1. The molecule has 1 unspecified atom stereocenters. The Morgan fingerprint density at radius 3 is 2.77 bits per heavy atom. The van der Waals surface area contributed by atoms with Crippen LogP contribution in [-0.2, 0) is 22.6 Å². The Bertz CT molecular complexity index is 542. The van der Waals surface area contributed by atoms with Crippen LogP contribution in [-0.4, -0.2) is 64.0 Å². The molecule has 1 heterocycles. The first-order valence-corrected chi connectivity index (χ1v) is 9.62. The van der Waals surface area contributed by atoms with Gasteiger partial charge in [-0.15, -0.1) is 0 Å². The highest BCUT2D eigenvalue weighted by Crippen LogP contribution is 2.12. The quantitative estimate of drug-likeness (QED) is 0.379. The lowest BCUT2D eigenvalue weighted by Gasteiger charge is -2.15. The maximum absolute atomic E-state index is 5.80. The minimum absolute atomic E-state index is 0.283. The van der Waals surface area contributed by atoms with Crippen LogP contribution in [0, 0.1) is 0 Å². The van der Waals surface area contributed by atoms with Gasteiger partial charge in [-0.2, -0.15) is 0 Å². The molecule has 0 saturated carbocycles. The van der Waals surface area contributed by atoms with E-state index in [1.54, 1.807) is 0 Å². The van der Waals surface area contributed by atoms with E-state index in [0.717, 1.165) is 58.3 Å². The van der Waals surface area contributed by atoms with Gasteiger partial charge in [0.1, 0.15) is 0 Å². The molecule has 2 rings (SSSR count). The van der Waals surface area contributed by atoms with Crippen molar-refractivity contribution in [1.82, 2.24) is 15.5 Å². The Labute approximate surface area is 158 Å². The Morgan fingerprint density at radius 1 is 1.27 bits per heavy atom. The van der Waals surface area contributed by atoms with Crippen molar-refractivity contribution in [2.45, 2.75) is 39.0 Å². The van der Waals surface area contributed by atoms with E-state index in [0.29, 0.717) is 6.54 Å². The fourth-order valence-corrected chi connectivity index (χ4v) is 2.89. The molecular formula is C20H34N4O2. The molecule has 1 atom stereocenters. The summed E-state index contributed by atoms with van der Waals surface area (Å²) in [4.78, 5) is 6.92. The summed E-state index contributed by atoms with van der Waals surface area (Å²) in [5.41, 5.74) is 2.59. The van der Waals surface area contributed by atoms with Crippen LogP contribution < -0.4 is 10.6 Å². The van der Waals surface area contributed by atoms with Crippen molar-refractivity contribution in [2.24, 2.45) is 4.99 Å². The summed E-state index contributed by atoms with van der Waals surface area (Å²) in [5, 5.41) is 6.71. The van der Waals surface area contributed by atoms with E-state index in [1.807, 2.05) is 0 Å². The second kappa shape index (κ2) is 11.9. The maximum atomic E-state index is 5.80. The van der Waals surface area contributed by atoms with E-state index in [4.69, 9.17) is 14.5 Å². The molecule has 2 N–H and O–H groups in total. The second-order valence-corrected chi connectivity index (χ2v) is 6.84. The molecule has 1 aromatic rings. The fourth-order valence-electron chi connectivity index (χ4n) is 2.89. The molecule has 1 aliphatic heterocycles. The predicted octanol–water partition coefficient (Wildman–Crippen LogP) is 2.00. The van der Waals surface area contributed by atoms with Crippen LogP contribution >= 0.6 is 0 Å². The number of benzene rings is 1. The maximum Gasteiger partial charge on any atom is 0.191 e. The van der Waals surface area contributed by atoms with E-state index in [9.17, 15) is 0 Å². The first kappa shape index (κ1) is 20.7. The van der Waals surface area contributed by atoms with Crippen LogP contribution in [0.15, 0.2) is 29.3 Å². The van der Waals surface area contributed by atoms with Gasteiger partial charge in [-0.3, -0.25) is 0 Å². The van der Waals surface area contributed by atoms with Crippen LogP contribution in [0.4, 0.5) is 0 Å². The summed E-state index contributed by atoms with van der Waals surface area (Å²) in [6, 6.07) is 8.50. The zero-order valence-corrected chi connectivity index (χ0v) is 16.5. The molecule has 0 aromatic heterocycles. The van der Waals surface area contributed by atoms with Gasteiger partial charge < -0.3 is 25.0 Å². The van der Waals surface area contributed by atoms with Crippen molar-refractivity contribution in [1.29, 1.82) is 0 Å². The summed E-state index contributed by atoms with van der Waals surface area (Å²) in [7, 11) is 4.18. The van der Waals surface area contributed by atoms with Crippen LogP contribution in [0.1, 0.15) is 30.9 Å². The largest absolute Gasteiger partial charge is 0.379 e. The molecule has 0 bridgehead atoms. The second-order valence-electron chi connectivity index (χ2n) is 6.84. The van der Waals surface area contributed by atoms with E-state index >= 15 is 0 Å². The monoisotopic (exact) mass is 362 g/mol. The lowest BCUT2D eigenvalue weighted by Crippen LogP contribution is -2.38. The highest BCUT2D eigenvalue weighted by molar-refractivity contribution is 5.79. The molecular weight excluding hydrogens is 328 g/mol. The van der Waals surface area contributed by atoms with Crippen molar-refractivity contribution in [2.75, 3.05) is 47.0 Å². The number of ether oxygens (including phenoxy) is 2. The summed E-state index contributed by atoms with van der Waals surface area (Å²) in [5.74, 6) is 0.858. The molecule has 26 heavy (non-hydrogen) atoms. The summed E-state index contributed by atoms with van der Waals surface area (Å²) in [6.07, 6.45) is 2.26. The predicted molar refractivity (Wildman–Crippen MR) is 106 cm³/mol. The van der Waals surface area contributed by atoms with Crippen molar-refractivity contribution in [3.8, 4) is 0 Å². The number of rotatable bonds is 10. The van der Waals surface area contributed by atoms with Gasteiger partial charge in [0.25, 0.3) is 0 Å². The highest BCUT2D eigenvalue weighted by Gasteiger charge is 2.15. The smallest absolute Gasteiger partial charge is 0.191 e. The van der Waals surface area contributed by atoms with E-state index in [2.05, 4.69) is 60.8 Å². The molecule has 0 aliphatic carbocycles. The number of hydrogen-bond acceptors (Lipinski definition) is 4. The molecule has 6 heteroatoms. The Balaban J connectivity index is 1.78. The summed E-state index contributed by atoms with van der Waals surface area (Å²) < 4.78 is 11.1. The standard InChI is InChI=1S/C20H34N4O2/c1-4-21-20(22-11-7-12-26-19-10-13-25-16-19)23-14-17-8-5-6-9-18(17)15-24(2)3/h5-6,8-9,19H,4,7,10-16H2,1-3H3,(H2,21,22,23). The van der Waals surface area contributed by atoms with Crippen molar-refractivity contribution in [3.05, 3.63) is 35.4 Å². The third kappa shape index (κ3) is 7.72. The number of guanidine groups is 1. The zero-order valence-electron chi connectivity index (χ0n) is 16.5. The SMILES string of the molecule is CCNC(=NCc1ccccc1CN(C)C)NCCCOC1CCOC1. The van der Waals surface area contributed by atoms with Crippen LogP contribution in [0.5, 0.6) is 0 Å². The first-order valence-electron chi connectivity index (χ1n) is 9.62. The van der Waals surface area contributed by atoms with Gasteiger partial charge in [0, 0.05) is 32.8 Å². The highest BCUT2D eigenvalue weighted by atomic mass is 16.5. The summed E-state index contributed by atoms with van der Waals surface area (Å²) in [6.45, 7) is 7.71. The van der Waals surface area contributed by atoms with E-state index < -0.39 is 0 Å². The number of nitrogens with one attached hydrogen (secondary N) is 2. The minimum atomic E-state index is 0.283. The van der Waals surface area contributed by atoms with Gasteiger partial charge in [0.05, 0.1) is 19.3 Å². The van der Waals surface area contributed by atoms with Crippen LogP contribution in [0.3, 0.4) is 0 Å². The first-order chi connectivity index (χ1) is 12.7. The van der Waals surface area contributed by atoms with Gasteiger partial charge in [-0.25, -0.2) is 4.99 Å². The third-order valence-corrected chi connectivity index (χ3v) is 4.21. The van der Waals surface area contributed by atoms with Crippen LogP contribution in [0.2, 0.25) is 0 Å². The van der Waals surface area contributed by atoms with Crippen LogP contribution in [0.25, 0.3) is 0 Å². The minimum Gasteiger partial charge on any atom is -0.379 e. The lowest BCUT2D eigenvalue weighted by molar-refractivity contribution is 0.0420. The molecule has 0 amide bonds. The average Bonchev–Trinajstić information content (AvgIpc) is 3.13. The van der Waals surface area contributed by atoms with Crippen molar-refractivity contribution in [3.63, 3.8) is 0 Å². The number of hydrogen-bond donors (Lipinski definition) is 2. The third-order valence-electron chi connectivity index (χ3n) is 4.21. The topological polar surface area (TPSA) is 58.1 Å². The van der Waals surface area contributed by atoms with E-state index in [-0.39, 0.29) is 6.10 Å².